The lowest BCUT2D eigenvalue weighted by Gasteiger charge is -2.40. The number of aromatic amines is 1. The first kappa shape index (κ1) is 18.6. The molecule has 0 aliphatic carbocycles. The van der Waals surface area contributed by atoms with Gasteiger partial charge in [-0.15, -0.1) is 0 Å². The van der Waals surface area contributed by atoms with Gasteiger partial charge in [0.05, 0.1) is 0 Å². The number of ether oxygens (including phenoxy) is 2. The van der Waals surface area contributed by atoms with Crippen LogP contribution in [0.3, 0.4) is 0 Å². The summed E-state index contributed by atoms with van der Waals surface area (Å²) in [4.78, 5) is 14.3. The SMILES string of the molecule is C[C@]1(Cc2ccc3c(c2)OCO3)CCCN(C(=O)c2cc(C(F)(F)F)[nH]n2)C1. The molecule has 0 unspecified atom stereocenters. The number of halogens is 3. The number of hydrogen-bond donors (Lipinski definition) is 1. The quantitative estimate of drug-likeness (QED) is 0.862. The minimum absolute atomic E-state index is 0.190. The van der Waals surface area contributed by atoms with E-state index in [-0.39, 0.29) is 17.9 Å². The average molecular weight is 395 g/mol. The van der Waals surface area contributed by atoms with Gasteiger partial charge in [-0.25, -0.2) is 0 Å². The van der Waals surface area contributed by atoms with Crippen LogP contribution in [0.5, 0.6) is 11.5 Å². The Morgan fingerprint density at radius 2 is 2.07 bits per heavy atom. The molecule has 1 amide bonds. The molecule has 2 aromatic rings. The summed E-state index contributed by atoms with van der Waals surface area (Å²) in [5.41, 5.74) is -0.346. The van der Waals surface area contributed by atoms with Crippen molar-refractivity contribution in [3.8, 4) is 11.5 Å². The van der Waals surface area contributed by atoms with Gasteiger partial charge in [0.25, 0.3) is 5.91 Å². The smallest absolute Gasteiger partial charge is 0.432 e. The zero-order valence-corrected chi connectivity index (χ0v) is 15.3. The van der Waals surface area contributed by atoms with Crippen molar-refractivity contribution in [2.24, 2.45) is 5.41 Å². The summed E-state index contributed by atoms with van der Waals surface area (Å²) in [6, 6.07) is 6.56. The molecule has 1 aromatic carbocycles. The Kier molecular flexibility index (Phi) is 4.47. The maximum Gasteiger partial charge on any atom is 0.432 e. The molecular formula is C19H20F3N3O3. The highest BCUT2D eigenvalue weighted by Crippen LogP contribution is 2.38. The molecule has 2 aliphatic rings. The van der Waals surface area contributed by atoms with Crippen LogP contribution in [0, 0.1) is 5.41 Å². The van der Waals surface area contributed by atoms with E-state index in [1.165, 1.54) is 0 Å². The van der Waals surface area contributed by atoms with Gasteiger partial charge in [0.1, 0.15) is 5.69 Å². The Bertz CT molecular complexity index is 896. The van der Waals surface area contributed by atoms with Gasteiger partial charge in [0, 0.05) is 19.2 Å². The predicted octanol–water partition coefficient (Wildman–Crippen LogP) is 3.64. The zero-order valence-electron chi connectivity index (χ0n) is 15.3. The summed E-state index contributed by atoms with van der Waals surface area (Å²) < 4.78 is 49.0. The lowest BCUT2D eigenvalue weighted by Crippen LogP contribution is -2.45. The summed E-state index contributed by atoms with van der Waals surface area (Å²) in [5.74, 6) is 0.942. The van der Waals surface area contributed by atoms with Gasteiger partial charge in [-0.3, -0.25) is 9.89 Å². The lowest BCUT2D eigenvalue weighted by molar-refractivity contribution is -0.141. The molecule has 1 aromatic heterocycles. The van der Waals surface area contributed by atoms with Gasteiger partial charge in [0.15, 0.2) is 17.2 Å². The molecule has 1 saturated heterocycles. The maximum atomic E-state index is 12.8. The van der Waals surface area contributed by atoms with Crippen LogP contribution < -0.4 is 9.47 Å². The Morgan fingerprint density at radius 1 is 1.29 bits per heavy atom. The van der Waals surface area contributed by atoms with Crippen molar-refractivity contribution in [1.29, 1.82) is 0 Å². The number of piperidine rings is 1. The van der Waals surface area contributed by atoms with Crippen molar-refractivity contribution in [3.63, 3.8) is 0 Å². The molecule has 0 spiro atoms. The molecule has 2 aliphatic heterocycles. The van der Waals surface area contributed by atoms with Crippen molar-refractivity contribution < 1.29 is 27.4 Å². The van der Waals surface area contributed by atoms with E-state index >= 15 is 0 Å². The normalized spacial score (nSPS) is 21.8. The summed E-state index contributed by atoms with van der Waals surface area (Å²) in [6.45, 7) is 3.25. The summed E-state index contributed by atoms with van der Waals surface area (Å²) in [5, 5.41) is 5.46. The Labute approximate surface area is 159 Å². The second-order valence-corrected chi connectivity index (χ2v) is 7.67. The number of amides is 1. The maximum absolute atomic E-state index is 12.8. The van der Waals surface area contributed by atoms with Crippen molar-refractivity contribution in [3.05, 3.63) is 41.2 Å². The van der Waals surface area contributed by atoms with Gasteiger partial charge >= 0.3 is 6.18 Å². The fraction of sp³-hybridized carbons (Fsp3) is 0.474. The molecule has 1 N–H and O–H groups in total. The van der Waals surface area contributed by atoms with Crippen LogP contribution in [0.1, 0.15) is 41.5 Å². The third-order valence-corrected chi connectivity index (χ3v) is 5.24. The first-order valence-corrected chi connectivity index (χ1v) is 9.04. The highest BCUT2D eigenvalue weighted by molar-refractivity contribution is 5.92. The number of carbonyl (C=O) groups is 1. The largest absolute Gasteiger partial charge is 0.454 e. The van der Waals surface area contributed by atoms with Gasteiger partial charge in [-0.05, 0) is 42.4 Å². The third kappa shape index (κ3) is 3.65. The molecule has 0 radical (unpaired) electrons. The monoisotopic (exact) mass is 395 g/mol. The molecule has 0 saturated carbocycles. The minimum Gasteiger partial charge on any atom is -0.454 e. The second-order valence-electron chi connectivity index (χ2n) is 7.67. The van der Waals surface area contributed by atoms with E-state index in [2.05, 4.69) is 12.0 Å². The fourth-order valence-corrected chi connectivity index (χ4v) is 3.92. The molecular weight excluding hydrogens is 375 g/mol. The van der Waals surface area contributed by atoms with Crippen LogP contribution in [-0.2, 0) is 12.6 Å². The van der Waals surface area contributed by atoms with Gasteiger partial charge < -0.3 is 14.4 Å². The number of rotatable bonds is 3. The van der Waals surface area contributed by atoms with Crippen molar-refractivity contribution in [2.45, 2.75) is 32.4 Å². The predicted molar refractivity (Wildman–Crippen MR) is 93.1 cm³/mol. The number of nitrogens with one attached hydrogen (secondary N) is 1. The molecule has 1 fully saturated rings. The number of likely N-dealkylation sites (tertiary alicyclic amines) is 1. The van der Waals surface area contributed by atoms with Gasteiger partial charge in [-0.1, -0.05) is 13.0 Å². The number of alkyl halides is 3. The van der Waals surface area contributed by atoms with E-state index in [4.69, 9.17) is 9.47 Å². The van der Waals surface area contributed by atoms with Crippen LogP contribution in [0.15, 0.2) is 24.3 Å². The molecule has 4 rings (SSSR count). The number of H-pyrrole nitrogens is 1. The van der Waals surface area contributed by atoms with Crippen LogP contribution >= 0.6 is 0 Å². The number of benzene rings is 1. The van der Waals surface area contributed by atoms with E-state index in [0.717, 1.165) is 30.9 Å². The van der Waals surface area contributed by atoms with Gasteiger partial charge in [0.2, 0.25) is 6.79 Å². The topological polar surface area (TPSA) is 67.5 Å². The van der Waals surface area contributed by atoms with Crippen LogP contribution in [0.4, 0.5) is 13.2 Å². The van der Waals surface area contributed by atoms with Crippen LogP contribution in [0.2, 0.25) is 0 Å². The number of nitrogens with zero attached hydrogens (tertiary/aromatic N) is 2. The first-order valence-electron chi connectivity index (χ1n) is 9.04. The van der Waals surface area contributed by atoms with Crippen molar-refractivity contribution in [2.75, 3.05) is 19.9 Å². The summed E-state index contributed by atoms with van der Waals surface area (Å²) in [7, 11) is 0. The zero-order chi connectivity index (χ0) is 19.9. The van der Waals surface area contributed by atoms with Gasteiger partial charge in [-0.2, -0.15) is 18.3 Å². The summed E-state index contributed by atoms with van der Waals surface area (Å²) in [6.07, 6.45) is -2.13. The molecule has 3 heterocycles. The molecule has 6 nitrogen and oxygen atoms in total. The number of carbonyl (C=O) groups excluding carboxylic acids is 1. The second kappa shape index (κ2) is 6.72. The number of hydrogen-bond acceptors (Lipinski definition) is 4. The first-order chi connectivity index (χ1) is 13.2. The Morgan fingerprint density at radius 3 is 2.82 bits per heavy atom. The Balaban J connectivity index is 1.47. The lowest BCUT2D eigenvalue weighted by atomic mass is 9.77. The van der Waals surface area contributed by atoms with Crippen molar-refractivity contribution >= 4 is 5.91 Å². The highest BCUT2D eigenvalue weighted by Gasteiger charge is 2.37. The Hall–Kier alpha value is -2.71. The molecule has 150 valence electrons. The molecule has 1 atom stereocenters. The summed E-state index contributed by atoms with van der Waals surface area (Å²) >= 11 is 0. The van der Waals surface area contributed by atoms with E-state index < -0.39 is 17.8 Å². The standard InChI is InChI=1S/C19H20F3N3O3/c1-18(9-12-3-4-14-15(7-12)28-11-27-14)5-2-6-25(10-18)17(26)13-8-16(24-23-13)19(20,21)22/h3-4,7-8H,2,5-6,9-11H2,1H3,(H,23,24)/t18-/m1/s1. The molecule has 28 heavy (non-hydrogen) atoms. The third-order valence-electron chi connectivity index (χ3n) is 5.24. The number of fused-ring (bicyclic) bond motifs is 1. The van der Waals surface area contributed by atoms with Crippen molar-refractivity contribution in [1.82, 2.24) is 15.1 Å². The van der Waals surface area contributed by atoms with E-state index in [1.807, 2.05) is 23.3 Å². The highest BCUT2D eigenvalue weighted by atomic mass is 19.4. The van der Waals surface area contributed by atoms with Crippen LogP contribution in [0.25, 0.3) is 0 Å². The average Bonchev–Trinajstić information content (AvgIpc) is 3.29. The fourth-order valence-electron chi connectivity index (χ4n) is 3.92. The number of aromatic nitrogens is 2. The van der Waals surface area contributed by atoms with E-state index in [9.17, 15) is 18.0 Å². The minimum atomic E-state index is -4.55. The molecule has 0 bridgehead atoms. The van der Waals surface area contributed by atoms with E-state index in [1.54, 1.807) is 4.90 Å². The van der Waals surface area contributed by atoms with Crippen LogP contribution in [-0.4, -0.2) is 40.9 Å². The van der Waals surface area contributed by atoms with E-state index in [0.29, 0.717) is 24.6 Å². The molecule has 9 heteroatoms.